The van der Waals surface area contributed by atoms with Crippen molar-refractivity contribution in [1.82, 2.24) is 14.9 Å². The van der Waals surface area contributed by atoms with Crippen LogP contribution in [0, 0.1) is 0 Å². The molecule has 28 heavy (non-hydrogen) atoms. The Morgan fingerprint density at radius 1 is 1.11 bits per heavy atom. The topological polar surface area (TPSA) is 53.5 Å². The van der Waals surface area contributed by atoms with Crippen LogP contribution in [0.4, 0.5) is 11.6 Å². The molecule has 2 aliphatic rings. The summed E-state index contributed by atoms with van der Waals surface area (Å²) in [5.41, 5.74) is 3.26. The Hall–Kier alpha value is -2.18. The number of anilines is 2. The van der Waals surface area contributed by atoms with E-state index in [4.69, 9.17) is 9.72 Å². The quantitative estimate of drug-likeness (QED) is 0.829. The van der Waals surface area contributed by atoms with Crippen molar-refractivity contribution in [3.8, 4) is 11.3 Å². The van der Waals surface area contributed by atoms with Crippen LogP contribution >= 0.6 is 0 Å². The molecule has 0 aliphatic carbocycles. The number of piperidine rings is 1. The third kappa shape index (κ3) is 4.80. The van der Waals surface area contributed by atoms with Crippen LogP contribution in [-0.4, -0.2) is 67.4 Å². The number of nitrogens with one attached hydrogen (secondary N) is 1. The molecular weight excluding hydrogens is 350 g/mol. The van der Waals surface area contributed by atoms with Gasteiger partial charge in [-0.2, -0.15) is 0 Å². The van der Waals surface area contributed by atoms with Crippen molar-refractivity contribution in [1.29, 1.82) is 0 Å². The predicted octanol–water partition coefficient (Wildman–Crippen LogP) is 3.26. The molecule has 2 fully saturated rings. The van der Waals surface area contributed by atoms with Gasteiger partial charge in [0.05, 0.1) is 11.8 Å². The lowest BCUT2D eigenvalue weighted by Gasteiger charge is -2.33. The van der Waals surface area contributed by atoms with Gasteiger partial charge < -0.3 is 19.9 Å². The Kier molecular flexibility index (Phi) is 6.07. The van der Waals surface area contributed by atoms with Crippen molar-refractivity contribution in [2.75, 3.05) is 50.6 Å². The molecule has 0 amide bonds. The van der Waals surface area contributed by atoms with E-state index in [1.54, 1.807) is 0 Å². The van der Waals surface area contributed by atoms with Gasteiger partial charge in [0, 0.05) is 63.8 Å². The van der Waals surface area contributed by atoms with E-state index < -0.39 is 0 Å². The molecule has 6 nitrogen and oxygen atoms in total. The minimum absolute atomic E-state index is 0.437. The minimum Gasteiger partial charge on any atom is -0.378 e. The molecule has 2 aromatic rings. The van der Waals surface area contributed by atoms with Gasteiger partial charge >= 0.3 is 0 Å². The van der Waals surface area contributed by atoms with E-state index in [1.807, 2.05) is 26.4 Å². The first-order valence-corrected chi connectivity index (χ1v) is 10.4. The first-order valence-electron chi connectivity index (χ1n) is 10.4. The van der Waals surface area contributed by atoms with Gasteiger partial charge in [-0.1, -0.05) is 12.1 Å². The standard InChI is InChI=1S/C22H31N5O/c1-26(2)19-7-5-17(6-8-19)21-9-12-23-22(25-21)24-18-10-13-27(14-11-18)16-20-4-3-15-28-20/h5-9,12,18,20H,3-4,10-11,13-16H2,1-2H3,(H,23,24,25). The third-order valence-corrected chi connectivity index (χ3v) is 5.74. The lowest BCUT2D eigenvalue weighted by atomic mass is 10.0. The molecule has 0 saturated carbocycles. The van der Waals surface area contributed by atoms with Crippen molar-refractivity contribution in [2.24, 2.45) is 0 Å². The second-order valence-electron chi connectivity index (χ2n) is 8.06. The molecule has 1 aromatic heterocycles. The molecule has 1 atom stereocenters. The van der Waals surface area contributed by atoms with E-state index in [0.29, 0.717) is 12.1 Å². The number of hydrogen-bond donors (Lipinski definition) is 1. The van der Waals surface area contributed by atoms with Gasteiger partial charge in [-0.3, -0.25) is 0 Å². The number of aromatic nitrogens is 2. The highest BCUT2D eigenvalue weighted by Gasteiger charge is 2.24. The van der Waals surface area contributed by atoms with Gasteiger partial charge in [0.2, 0.25) is 5.95 Å². The largest absolute Gasteiger partial charge is 0.378 e. The zero-order valence-corrected chi connectivity index (χ0v) is 17.0. The molecule has 0 spiro atoms. The summed E-state index contributed by atoms with van der Waals surface area (Å²) in [6, 6.07) is 10.9. The zero-order valence-electron chi connectivity index (χ0n) is 17.0. The Balaban J connectivity index is 1.32. The van der Waals surface area contributed by atoms with Gasteiger partial charge in [-0.25, -0.2) is 9.97 Å². The van der Waals surface area contributed by atoms with Crippen molar-refractivity contribution >= 4 is 11.6 Å². The number of hydrogen-bond acceptors (Lipinski definition) is 6. The fourth-order valence-corrected chi connectivity index (χ4v) is 4.04. The van der Waals surface area contributed by atoms with E-state index in [-0.39, 0.29) is 0 Å². The second-order valence-corrected chi connectivity index (χ2v) is 8.06. The van der Waals surface area contributed by atoms with Crippen molar-refractivity contribution in [2.45, 2.75) is 37.8 Å². The molecule has 4 rings (SSSR count). The predicted molar refractivity (Wildman–Crippen MR) is 114 cm³/mol. The summed E-state index contributed by atoms with van der Waals surface area (Å²) >= 11 is 0. The third-order valence-electron chi connectivity index (χ3n) is 5.74. The van der Waals surface area contributed by atoms with Crippen molar-refractivity contribution in [3.05, 3.63) is 36.5 Å². The molecule has 1 N–H and O–H groups in total. The number of likely N-dealkylation sites (tertiary alicyclic amines) is 1. The molecule has 150 valence electrons. The Morgan fingerprint density at radius 3 is 2.57 bits per heavy atom. The minimum atomic E-state index is 0.437. The summed E-state index contributed by atoms with van der Waals surface area (Å²) in [5, 5.41) is 3.55. The molecule has 0 bridgehead atoms. The summed E-state index contributed by atoms with van der Waals surface area (Å²) < 4.78 is 5.77. The average Bonchev–Trinajstić information content (AvgIpc) is 3.23. The molecule has 3 heterocycles. The van der Waals surface area contributed by atoms with Crippen LogP contribution in [0.25, 0.3) is 11.3 Å². The molecular formula is C22H31N5O. The summed E-state index contributed by atoms with van der Waals surface area (Å²) in [7, 11) is 4.10. The lowest BCUT2D eigenvalue weighted by molar-refractivity contribution is 0.0654. The molecule has 1 unspecified atom stereocenters. The molecule has 1 aromatic carbocycles. The Morgan fingerprint density at radius 2 is 1.89 bits per heavy atom. The fraction of sp³-hybridized carbons (Fsp3) is 0.545. The monoisotopic (exact) mass is 381 g/mol. The first kappa shape index (κ1) is 19.2. The number of nitrogens with zero attached hydrogens (tertiary/aromatic N) is 4. The summed E-state index contributed by atoms with van der Waals surface area (Å²) in [6.45, 7) is 4.25. The summed E-state index contributed by atoms with van der Waals surface area (Å²) in [5.74, 6) is 0.728. The smallest absolute Gasteiger partial charge is 0.223 e. The van der Waals surface area contributed by atoms with Crippen molar-refractivity contribution < 1.29 is 4.74 Å². The Labute approximate surface area is 167 Å². The van der Waals surface area contributed by atoms with Gasteiger partial charge in [0.1, 0.15) is 0 Å². The van der Waals surface area contributed by atoms with Crippen LogP contribution in [0.5, 0.6) is 0 Å². The van der Waals surface area contributed by atoms with Gasteiger partial charge in [-0.05, 0) is 43.9 Å². The SMILES string of the molecule is CN(C)c1ccc(-c2ccnc(NC3CCN(CC4CCCO4)CC3)n2)cc1. The van der Waals surface area contributed by atoms with E-state index in [0.717, 1.165) is 56.3 Å². The van der Waals surface area contributed by atoms with E-state index in [2.05, 4.69) is 44.4 Å². The molecule has 2 saturated heterocycles. The fourth-order valence-electron chi connectivity index (χ4n) is 4.04. The van der Waals surface area contributed by atoms with E-state index >= 15 is 0 Å². The maximum atomic E-state index is 5.77. The van der Waals surface area contributed by atoms with Crippen LogP contribution in [0.1, 0.15) is 25.7 Å². The summed E-state index contributed by atoms with van der Waals surface area (Å²) in [4.78, 5) is 13.8. The Bertz CT molecular complexity index is 750. The molecule has 2 aliphatic heterocycles. The maximum Gasteiger partial charge on any atom is 0.223 e. The highest BCUT2D eigenvalue weighted by atomic mass is 16.5. The highest BCUT2D eigenvalue weighted by molar-refractivity contribution is 5.63. The van der Waals surface area contributed by atoms with Crippen LogP contribution in [0.15, 0.2) is 36.5 Å². The molecule has 6 heteroatoms. The highest BCUT2D eigenvalue weighted by Crippen LogP contribution is 2.22. The normalized spacial score (nSPS) is 21.0. The average molecular weight is 382 g/mol. The molecule has 0 radical (unpaired) electrons. The maximum absolute atomic E-state index is 5.77. The number of benzene rings is 1. The van der Waals surface area contributed by atoms with Gasteiger partial charge in [0.15, 0.2) is 0 Å². The van der Waals surface area contributed by atoms with Crippen LogP contribution in [0.3, 0.4) is 0 Å². The second kappa shape index (κ2) is 8.88. The van der Waals surface area contributed by atoms with Crippen LogP contribution in [0.2, 0.25) is 0 Å². The lowest BCUT2D eigenvalue weighted by Crippen LogP contribution is -2.42. The van der Waals surface area contributed by atoms with Crippen molar-refractivity contribution in [3.63, 3.8) is 0 Å². The number of rotatable bonds is 6. The zero-order chi connectivity index (χ0) is 19.3. The number of ether oxygens (including phenoxy) is 1. The van der Waals surface area contributed by atoms with Crippen LogP contribution < -0.4 is 10.2 Å². The summed E-state index contributed by atoms with van der Waals surface area (Å²) in [6.07, 6.45) is 6.97. The van der Waals surface area contributed by atoms with Gasteiger partial charge in [0.25, 0.3) is 0 Å². The van der Waals surface area contributed by atoms with Crippen LogP contribution in [-0.2, 0) is 4.74 Å². The van der Waals surface area contributed by atoms with E-state index in [9.17, 15) is 0 Å². The van der Waals surface area contributed by atoms with E-state index in [1.165, 1.54) is 18.5 Å². The first-order chi connectivity index (χ1) is 13.7. The van der Waals surface area contributed by atoms with Gasteiger partial charge in [-0.15, -0.1) is 0 Å².